The molecule has 7 nitrogen and oxygen atoms in total. The van der Waals surface area contributed by atoms with E-state index in [0.29, 0.717) is 12.5 Å². The molecule has 7 heteroatoms. The third kappa shape index (κ3) is 8.35. The first-order valence-corrected chi connectivity index (χ1v) is 10.1. The van der Waals surface area contributed by atoms with E-state index < -0.39 is 0 Å². The fraction of sp³-hybridized carbons (Fsp3) is 0.667. The van der Waals surface area contributed by atoms with E-state index in [1.54, 1.807) is 14.2 Å². The smallest absolute Gasteiger partial charge is 0.191 e. The molecule has 1 saturated heterocycles. The Labute approximate surface area is 168 Å². The van der Waals surface area contributed by atoms with Gasteiger partial charge in [0.05, 0.1) is 13.7 Å². The molecule has 0 aromatic heterocycles. The molecule has 1 atom stereocenters. The standard InChI is InChI=1S/C21H35N3O4/c1-17(28-20-8-5-4-7-19(20)25-3)15-24-21(22-2)23-11-6-12-27-16-18-9-13-26-14-10-18/h4-5,7-8,17-18H,6,9-16H2,1-3H3,(H2,22,23,24). The Morgan fingerprint density at radius 2 is 1.96 bits per heavy atom. The molecule has 158 valence electrons. The molecule has 1 unspecified atom stereocenters. The van der Waals surface area contributed by atoms with E-state index in [2.05, 4.69) is 15.6 Å². The maximum Gasteiger partial charge on any atom is 0.191 e. The fourth-order valence-corrected chi connectivity index (χ4v) is 2.98. The largest absolute Gasteiger partial charge is 0.493 e. The molecule has 1 fully saturated rings. The first-order valence-electron chi connectivity index (χ1n) is 10.1. The molecule has 1 aromatic rings. The van der Waals surface area contributed by atoms with E-state index in [-0.39, 0.29) is 6.10 Å². The lowest BCUT2D eigenvalue weighted by atomic mass is 10.0. The molecule has 0 spiro atoms. The summed E-state index contributed by atoms with van der Waals surface area (Å²) in [6.45, 7) is 6.81. The Balaban J connectivity index is 1.56. The molecule has 1 heterocycles. The number of nitrogens with zero attached hydrogens (tertiary/aromatic N) is 1. The predicted octanol–water partition coefficient (Wildman–Crippen LogP) is 2.46. The number of para-hydroxylation sites is 2. The Hall–Kier alpha value is -1.99. The van der Waals surface area contributed by atoms with Crippen LogP contribution in [0.3, 0.4) is 0 Å². The van der Waals surface area contributed by atoms with Crippen molar-refractivity contribution in [1.29, 1.82) is 0 Å². The van der Waals surface area contributed by atoms with Crippen LogP contribution in [0, 0.1) is 5.92 Å². The van der Waals surface area contributed by atoms with Crippen LogP contribution in [0.4, 0.5) is 0 Å². The minimum absolute atomic E-state index is 0.0299. The average molecular weight is 394 g/mol. The third-order valence-corrected chi connectivity index (χ3v) is 4.63. The van der Waals surface area contributed by atoms with Gasteiger partial charge >= 0.3 is 0 Å². The van der Waals surface area contributed by atoms with Gasteiger partial charge in [0, 0.05) is 40.0 Å². The van der Waals surface area contributed by atoms with E-state index in [0.717, 1.165) is 69.7 Å². The van der Waals surface area contributed by atoms with Gasteiger partial charge in [-0.25, -0.2) is 0 Å². The summed E-state index contributed by atoms with van der Waals surface area (Å²) < 4.78 is 22.4. The Bertz CT molecular complexity index is 577. The highest BCUT2D eigenvalue weighted by atomic mass is 16.5. The Kier molecular flexibility index (Phi) is 10.5. The number of guanidine groups is 1. The minimum Gasteiger partial charge on any atom is -0.493 e. The van der Waals surface area contributed by atoms with Gasteiger partial charge in [-0.05, 0) is 44.2 Å². The molecule has 28 heavy (non-hydrogen) atoms. The number of hydrogen-bond acceptors (Lipinski definition) is 5. The number of ether oxygens (including phenoxy) is 4. The molecular weight excluding hydrogens is 358 g/mol. The van der Waals surface area contributed by atoms with E-state index in [4.69, 9.17) is 18.9 Å². The van der Waals surface area contributed by atoms with Crippen molar-refractivity contribution >= 4 is 5.96 Å². The summed E-state index contributed by atoms with van der Waals surface area (Å²) in [5.74, 6) is 2.89. The number of aliphatic imine (C=N–C) groups is 1. The molecule has 2 rings (SSSR count). The number of rotatable bonds is 11. The second-order valence-corrected chi connectivity index (χ2v) is 6.94. The Morgan fingerprint density at radius 1 is 1.21 bits per heavy atom. The SMILES string of the molecule is CN=C(NCCCOCC1CCOCC1)NCC(C)Oc1ccccc1OC. The molecule has 0 saturated carbocycles. The summed E-state index contributed by atoms with van der Waals surface area (Å²) in [7, 11) is 3.41. The number of hydrogen-bond donors (Lipinski definition) is 2. The fourth-order valence-electron chi connectivity index (χ4n) is 2.98. The lowest BCUT2D eigenvalue weighted by Crippen LogP contribution is -2.42. The van der Waals surface area contributed by atoms with Crippen LogP contribution < -0.4 is 20.1 Å². The van der Waals surface area contributed by atoms with Crippen LogP contribution in [0.5, 0.6) is 11.5 Å². The van der Waals surface area contributed by atoms with Crippen LogP contribution in [0.15, 0.2) is 29.3 Å². The van der Waals surface area contributed by atoms with Crippen molar-refractivity contribution in [3.05, 3.63) is 24.3 Å². The second kappa shape index (κ2) is 13.2. The normalized spacial score (nSPS) is 16.5. The summed E-state index contributed by atoms with van der Waals surface area (Å²) in [4.78, 5) is 4.25. The summed E-state index contributed by atoms with van der Waals surface area (Å²) in [6.07, 6.45) is 3.14. The van der Waals surface area contributed by atoms with Gasteiger partial charge in [-0.3, -0.25) is 4.99 Å². The maximum atomic E-state index is 5.95. The van der Waals surface area contributed by atoms with Gasteiger partial charge in [0.1, 0.15) is 6.10 Å². The highest BCUT2D eigenvalue weighted by Crippen LogP contribution is 2.26. The van der Waals surface area contributed by atoms with Crippen LogP contribution in [0.2, 0.25) is 0 Å². The predicted molar refractivity (Wildman–Crippen MR) is 111 cm³/mol. The second-order valence-electron chi connectivity index (χ2n) is 6.94. The minimum atomic E-state index is -0.0299. The molecule has 1 aliphatic rings. The maximum absolute atomic E-state index is 5.95. The summed E-state index contributed by atoms with van der Waals surface area (Å²) in [5.41, 5.74) is 0. The van der Waals surface area contributed by atoms with Crippen molar-refractivity contribution in [1.82, 2.24) is 10.6 Å². The van der Waals surface area contributed by atoms with Gasteiger partial charge in [-0.1, -0.05) is 12.1 Å². The van der Waals surface area contributed by atoms with Crippen LogP contribution >= 0.6 is 0 Å². The van der Waals surface area contributed by atoms with Crippen molar-refractivity contribution in [3.63, 3.8) is 0 Å². The number of methoxy groups -OCH3 is 1. The van der Waals surface area contributed by atoms with Gasteiger partial charge in [0.25, 0.3) is 0 Å². The first kappa shape index (κ1) is 22.3. The van der Waals surface area contributed by atoms with E-state index >= 15 is 0 Å². The number of nitrogens with one attached hydrogen (secondary N) is 2. The quantitative estimate of drug-likeness (QED) is 0.342. The average Bonchev–Trinajstić information content (AvgIpc) is 2.73. The van der Waals surface area contributed by atoms with Gasteiger partial charge in [0.2, 0.25) is 0 Å². The first-order chi connectivity index (χ1) is 13.7. The van der Waals surface area contributed by atoms with E-state index in [9.17, 15) is 0 Å². The molecule has 1 aliphatic heterocycles. The molecule has 0 aliphatic carbocycles. The summed E-state index contributed by atoms with van der Waals surface area (Å²) in [6, 6.07) is 7.65. The zero-order chi connectivity index (χ0) is 20.0. The molecular formula is C21H35N3O4. The summed E-state index contributed by atoms with van der Waals surface area (Å²) in [5, 5.41) is 6.60. The molecule has 0 bridgehead atoms. The van der Waals surface area contributed by atoms with Gasteiger partial charge in [-0.2, -0.15) is 0 Å². The monoisotopic (exact) mass is 393 g/mol. The Morgan fingerprint density at radius 3 is 2.68 bits per heavy atom. The van der Waals surface area contributed by atoms with Gasteiger partial charge in [0.15, 0.2) is 17.5 Å². The van der Waals surface area contributed by atoms with Crippen LogP contribution in [-0.4, -0.2) is 65.7 Å². The molecule has 1 aromatic carbocycles. The zero-order valence-corrected chi connectivity index (χ0v) is 17.4. The third-order valence-electron chi connectivity index (χ3n) is 4.63. The van der Waals surface area contributed by atoms with Crippen LogP contribution in [0.1, 0.15) is 26.2 Å². The lowest BCUT2D eigenvalue weighted by Gasteiger charge is -2.21. The highest BCUT2D eigenvalue weighted by molar-refractivity contribution is 5.79. The molecule has 0 amide bonds. The van der Waals surface area contributed by atoms with Crippen molar-refractivity contribution in [3.8, 4) is 11.5 Å². The van der Waals surface area contributed by atoms with Gasteiger partial charge in [-0.15, -0.1) is 0 Å². The van der Waals surface area contributed by atoms with E-state index in [1.807, 2.05) is 31.2 Å². The van der Waals surface area contributed by atoms with Crippen molar-refractivity contribution in [2.75, 3.05) is 53.7 Å². The van der Waals surface area contributed by atoms with Crippen molar-refractivity contribution < 1.29 is 18.9 Å². The van der Waals surface area contributed by atoms with Crippen LogP contribution in [-0.2, 0) is 9.47 Å². The summed E-state index contributed by atoms with van der Waals surface area (Å²) >= 11 is 0. The van der Waals surface area contributed by atoms with Crippen LogP contribution in [0.25, 0.3) is 0 Å². The molecule has 2 N–H and O–H groups in total. The van der Waals surface area contributed by atoms with Gasteiger partial charge < -0.3 is 29.6 Å². The van der Waals surface area contributed by atoms with Crippen molar-refractivity contribution in [2.45, 2.75) is 32.3 Å². The number of benzene rings is 1. The highest BCUT2D eigenvalue weighted by Gasteiger charge is 2.13. The zero-order valence-electron chi connectivity index (χ0n) is 17.4. The van der Waals surface area contributed by atoms with Crippen molar-refractivity contribution in [2.24, 2.45) is 10.9 Å². The molecule has 0 radical (unpaired) electrons. The lowest BCUT2D eigenvalue weighted by molar-refractivity contribution is 0.0203. The van der Waals surface area contributed by atoms with E-state index in [1.165, 1.54) is 0 Å². The topological polar surface area (TPSA) is 73.3 Å².